The number of allylic oxidation sites excluding steroid dienone is 3. The van der Waals surface area contributed by atoms with Crippen LogP contribution in [-0.2, 0) is 57.2 Å². The van der Waals surface area contributed by atoms with Gasteiger partial charge in [0, 0.05) is 68.4 Å². The van der Waals surface area contributed by atoms with Gasteiger partial charge in [-0.3, -0.25) is 35.2 Å². The Labute approximate surface area is 504 Å². The number of nitro benzene ring substituents is 2. The van der Waals surface area contributed by atoms with Crippen molar-refractivity contribution in [2.75, 3.05) is 107 Å². The number of carbonyl (C=O) groups excluding carboxylic acids is 2. The summed E-state index contributed by atoms with van der Waals surface area (Å²) in [6, 6.07) is 13.5. The first-order chi connectivity index (χ1) is 42.3. The van der Waals surface area contributed by atoms with Gasteiger partial charge in [0.05, 0.1) is 136 Å². The van der Waals surface area contributed by atoms with Crippen LogP contribution < -0.4 is 18.9 Å². The number of aromatic amines is 1. The van der Waals surface area contributed by atoms with Crippen LogP contribution in [0.15, 0.2) is 109 Å². The number of aromatic nitrogens is 1. The third kappa shape index (κ3) is 19.8. The van der Waals surface area contributed by atoms with E-state index in [0.29, 0.717) is 125 Å². The molecule has 4 heterocycles. The van der Waals surface area contributed by atoms with E-state index in [0.717, 1.165) is 52.1 Å². The van der Waals surface area contributed by atoms with Gasteiger partial charge in [-0.15, -0.1) is 0 Å². The molecule has 87 heavy (non-hydrogen) atoms. The normalized spacial score (nSPS) is 15.1. The summed E-state index contributed by atoms with van der Waals surface area (Å²) in [5.74, 6) is 0.968. The first-order valence-corrected chi connectivity index (χ1v) is 28.8. The van der Waals surface area contributed by atoms with E-state index in [1.54, 1.807) is 38.8 Å². The zero-order chi connectivity index (χ0) is 61.9. The summed E-state index contributed by atoms with van der Waals surface area (Å²) in [5, 5.41) is 22.3. The first kappa shape index (κ1) is 66.1. The Morgan fingerprint density at radius 3 is 1.55 bits per heavy atom. The Bertz CT molecular complexity index is 3220. The minimum Gasteiger partial charge on any atom is -0.487 e. The lowest BCUT2D eigenvalue weighted by atomic mass is 9.93. The highest BCUT2D eigenvalue weighted by Crippen LogP contribution is 2.41. The van der Waals surface area contributed by atoms with E-state index in [1.165, 1.54) is 54.1 Å². The van der Waals surface area contributed by atoms with Gasteiger partial charge >= 0.3 is 12.3 Å². The van der Waals surface area contributed by atoms with Crippen molar-refractivity contribution in [1.29, 1.82) is 0 Å². The van der Waals surface area contributed by atoms with Gasteiger partial charge in [-0.2, -0.15) is 0 Å². The number of H-pyrrole nitrogens is 1. The van der Waals surface area contributed by atoms with Crippen LogP contribution in [0.1, 0.15) is 75.9 Å². The van der Waals surface area contributed by atoms with E-state index in [4.69, 9.17) is 76.8 Å². The number of fused-ring (bicyclic) bond motifs is 5. The van der Waals surface area contributed by atoms with Gasteiger partial charge in [0.15, 0.2) is 11.5 Å². The molecule has 1 N–H and O–H groups in total. The number of carbonyl (C=O) groups is 2. The van der Waals surface area contributed by atoms with E-state index in [1.807, 2.05) is 13.8 Å². The maximum atomic E-state index is 12.8. The van der Waals surface area contributed by atoms with Crippen molar-refractivity contribution in [2.45, 2.75) is 78.7 Å². The van der Waals surface area contributed by atoms with Crippen LogP contribution in [0.2, 0.25) is 0 Å². The van der Waals surface area contributed by atoms with Crippen LogP contribution in [0.5, 0.6) is 23.0 Å². The Balaban J connectivity index is 1.21. The number of nitro groups is 2. The highest BCUT2D eigenvalue weighted by atomic mass is 16.7. The number of ether oxygens (including phenoxy) is 12. The zero-order valence-corrected chi connectivity index (χ0v) is 50.0. The summed E-state index contributed by atoms with van der Waals surface area (Å²) < 4.78 is 67.1. The molecule has 0 amide bonds. The highest BCUT2D eigenvalue weighted by Gasteiger charge is 2.29. The molecule has 7 rings (SSSR count). The average Bonchev–Trinajstić information content (AvgIpc) is 2.01. The molecular formula is C62H75N7O18. The smallest absolute Gasteiger partial charge is 0.487 e. The Morgan fingerprint density at radius 1 is 0.598 bits per heavy atom. The highest BCUT2D eigenvalue weighted by molar-refractivity contribution is 6.40. The van der Waals surface area contributed by atoms with Gasteiger partial charge in [-0.05, 0) is 116 Å². The van der Waals surface area contributed by atoms with E-state index < -0.39 is 22.2 Å². The number of benzene rings is 3. The topological polar surface area (TPSA) is 296 Å². The predicted octanol–water partition coefficient (Wildman–Crippen LogP) is 11.0. The fraction of sp³-hybridized carbons (Fsp3) is 0.452. The SMILES string of the molecule is CCc1c2[nH]c(c1CC)CC1N=C(C=Nc3cc(OCCOCCOCCOC)c(OCCOCCOCCOC)cc3N=CC3=N/C(=C\2)C(CCCOC(=O)Oc2ccc([N+](=O)[O-])cc2)=C3C)C(C)=C1CCCOC(=O)Oc1ccc([N+](=O)[O-])cc1. The molecule has 4 aromatic rings. The minimum absolute atomic E-state index is 0.00484. The number of hydrogen-bond donors (Lipinski definition) is 1. The van der Waals surface area contributed by atoms with Crippen molar-refractivity contribution in [2.24, 2.45) is 20.0 Å². The van der Waals surface area contributed by atoms with Gasteiger partial charge in [0.1, 0.15) is 24.7 Å². The molecule has 1 aromatic heterocycles. The molecular weight excluding hydrogens is 1130 g/mol. The summed E-state index contributed by atoms with van der Waals surface area (Å²) in [6.07, 6.45) is 7.35. The predicted molar refractivity (Wildman–Crippen MR) is 325 cm³/mol. The van der Waals surface area contributed by atoms with Crippen LogP contribution in [0, 0.1) is 20.2 Å². The third-order valence-electron chi connectivity index (χ3n) is 14.0. The molecule has 3 aromatic carbocycles. The Morgan fingerprint density at radius 2 is 1.07 bits per heavy atom. The Hall–Kier alpha value is -8.46. The number of aliphatic imine (C=N–C) groups is 4. The quantitative estimate of drug-likeness (QED) is 0.0149. The molecule has 3 aliphatic rings. The molecule has 0 saturated heterocycles. The lowest BCUT2D eigenvalue weighted by Crippen LogP contribution is -2.14. The minimum atomic E-state index is -0.948. The zero-order valence-electron chi connectivity index (χ0n) is 50.0. The van der Waals surface area contributed by atoms with Crippen molar-refractivity contribution >= 4 is 65.0 Å². The summed E-state index contributed by atoms with van der Waals surface area (Å²) >= 11 is 0. The first-order valence-electron chi connectivity index (χ1n) is 28.8. The van der Waals surface area contributed by atoms with Crippen molar-refractivity contribution in [3.8, 4) is 23.0 Å². The van der Waals surface area contributed by atoms with Crippen LogP contribution in [0.25, 0.3) is 6.08 Å². The van der Waals surface area contributed by atoms with Gasteiger partial charge in [0.2, 0.25) is 0 Å². The van der Waals surface area contributed by atoms with Gasteiger partial charge in [-0.1, -0.05) is 13.8 Å². The summed E-state index contributed by atoms with van der Waals surface area (Å²) in [4.78, 5) is 71.1. The standard InChI is InChI=1S/C62H75N7O18/c1-7-47-48(8-2)52-36-54-50(12-10-22-85-62(71)87-46-19-15-44(16-20-46)69(74)75)42(4)58(67-54)40-64-56-38-60(83-34-32-81-30-28-79-26-24-77-6)59(82-33-31-80-29-27-78-25-23-76-5)37-55(56)63-39-57-41(3)49(53(66-57)35-51(47)65-52)11-9-21-84-61(70)86-45-17-13-43(14-18-45)68(72)73/h13-20,35,37-40,54,65H,7-12,21-34,36H2,1-6H3/b53-35-,63-39?,64-40?. The van der Waals surface area contributed by atoms with E-state index in [9.17, 15) is 29.8 Å². The fourth-order valence-corrected chi connectivity index (χ4v) is 9.64. The molecule has 0 saturated carbocycles. The second kappa shape index (κ2) is 34.6. The van der Waals surface area contributed by atoms with Crippen LogP contribution in [0.3, 0.4) is 0 Å². The molecule has 1 unspecified atom stereocenters. The van der Waals surface area contributed by atoms with Crippen molar-refractivity contribution < 1.29 is 76.3 Å². The molecule has 3 aliphatic heterocycles. The summed E-state index contributed by atoms with van der Waals surface area (Å²) in [5.41, 5.74) is 10.4. The fourth-order valence-electron chi connectivity index (χ4n) is 9.64. The number of methoxy groups -OCH3 is 2. The lowest BCUT2D eigenvalue weighted by molar-refractivity contribution is -0.385. The van der Waals surface area contributed by atoms with E-state index in [-0.39, 0.29) is 68.6 Å². The molecule has 0 aliphatic carbocycles. The number of rotatable bonds is 34. The molecule has 0 spiro atoms. The largest absolute Gasteiger partial charge is 0.513 e. The van der Waals surface area contributed by atoms with Crippen LogP contribution in [0.4, 0.5) is 32.3 Å². The maximum Gasteiger partial charge on any atom is 0.513 e. The number of nitrogens with one attached hydrogen (secondary N) is 1. The monoisotopic (exact) mass is 1210 g/mol. The van der Waals surface area contributed by atoms with Crippen molar-refractivity contribution in [3.63, 3.8) is 0 Å². The van der Waals surface area contributed by atoms with Crippen LogP contribution >= 0.6 is 0 Å². The molecule has 466 valence electrons. The maximum absolute atomic E-state index is 12.8. The summed E-state index contributed by atoms with van der Waals surface area (Å²) in [6.45, 7) is 12.4. The molecule has 25 heteroatoms. The molecule has 0 radical (unpaired) electrons. The van der Waals surface area contributed by atoms with Gasteiger partial charge in [-0.25, -0.2) is 14.6 Å². The molecule has 25 nitrogen and oxygen atoms in total. The molecule has 0 fully saturated rings. The lowest BCUT2D eigenvalue weighted by Gasteiger charge is -2.15. The van der Waals surface area contributed by atoms with E-state index >= 15 is 0 Å². The summed E-state index contributed by atoms with van der Waals surface area (Å²) in [7, 11) is 3.22. The van der Waals surface area contributed by atoms with Crippen LogP contribution in [-0.4, -0.2) is 164 Å². The number of hydrogen-bond acceptors (Lipinski definition) is 22. The van der Waals surface area contributed by atoms with Gasteiger partial charge < -0.3 is 61.8 Å². The van der Waals surface area contributed by atoms with Crippen molar-refractivity contribution in [3.05, 3.63) is 131 Å². The molecule has 1 atom stereocenters. The Kier molecular flexibility index (Phi) is 26.3. The second-order valence-corrected chi connectivity index (χ2v) is 19.7. The van der Waals surface area contributed by atoms with E-state index in [2.05, 4.69) is 24.9 Å². The van der Waals surface area contributed by atoms with Crippen molar-refractivity contribution in [1.82, 2.24) is 4.98 Å². The second-order valence-electron chi connectivity index (χ2n) is 19.7. The van der Waals surface area contributed by atoms with Gasteiger partial charge in [0.25, 0.3) is 11.4 Å². The average molecular weight is 1210 g/mol. The molecule has 6 bridgehead atoms. The number of non-ortho nitro benzene ring substituents is 2. The number of nitrogens with zero attached hydrogens (tertiary/aromatic N) is 6. The third-order valence-corrected chi connectivity index (χ3v) is 14.0.